The lowest BCUT2D eigenvalue weighted by molar-refractivity contribution is 0.157. The van der Waals surface area contributed by atoms with Gasteiger partial charge in [0, 0.05) is 12.1 Å². The highest BCUT2D eigenvalue weighted by Gasteiger charge is 2.34. The van der Waals surface area contributed by atoms with Gasteiger partial charge in [0.1, 0.15) is 0 Å². The van der Waals surface area contributed by atoms with Gasteiger partial charge in [0.2, 0.25) is 0 Å². The van der Waals surface area contributed by atoms with Crippen molar-refractivity contribution >= 4 is 0 Å². The Morgan fingerprint density at radius 1 is 0.950 bits per heavy atom. The van der Waals surface area contributed by atoms with E-state index in [4.69, 9.17) is 0 Å². The van der Waals surface area contributed by atoms with Crippen molar-refractivity contribution in [1.29, 1.82) is 0 Å². The van der Waals surface area contributed by atoms with Gasteiger partial charge in [-0.1, -0.05) is 19.3 Å². The van der Waals surface area contributed by atoms with Crippen molar-refractivity contribution in [3.63, 3.8) is 0 Å². The SMILES string of the molecule is CC1CCCCN1CCCNC1CCCC(C2CC2)C1. The minimum Gasteiger partial charge on any atom is -0.314 e. The predicted octanol–water partition coefficient (Wildman–Crippen LogP) is 3.81. The second-order valence-electron chi connectivity index (χ2n) is 7.65. The largest absolute Gasteiger partial charge is 0.314 e. The number of likely N-dealkylation sites (tertiary alicyclic amines) is 1. The maximum Gasteiger partial charge on any atom is 0.00698 e. The Balaban J connectivity index is 1.29. The fraction of sp³-hybridized carbons (Fsp3) is 1.00. The first-order chi connectivity index (χ1) is 9.83. The van der Waals surface area contributed by atoms with Crippen molar-refractivity contribution in [3.05, 3.63) is 0 Å². The van der Waals surface area contributed by atoms with Gasteiger partial charge in [-0.3, -0.25) is 0 Å². The van der Waals surface area contributed by atoms with Crippen LogP contribution in [0.1, 0.15) is 71.1 Å². The summed E-state index contributed by atoms with van der Waals surface area (Å²) >= 11 is 0. The van der Waals surface area contributed by atoms with Crippen LogP contribution in [0.3, 0.4) is 0 Å². The third kappa shape index (κ3) is 4.21. The van der Waals surface area contributed by atoms with E-state index >= 15 is 0 Å². The van der Waals surface area contributed by atoms with Crippen LogP contribution in [0.15, 0.2) is 0 Å². The molecule has 0 amide bonds. The minimum absolute atomic E-state index is 0.831. The van der Waals surface area contributed by atoms with Gasteiger partial charge in [-0.05, 0) is 83.3 Å². The maximum atomic E-state index is 3.86. The average molecular weight is 278 g/mol. The van der Waals surface area contributed by atoms with Crippen LogP contribution in [0, 0.1) is 11.8 Å². The standard InChI is InChI=1S/C18H34N2/c1-15-6-2-3-12-20(15)13-5-11-19-18-8-4-7-17(14-18)16-9-10-16/h15-19H,2-14H2,1H3. The van der Waals surface area contributed by atoms with Gasteiger partial charge in [-0.25, -0.2) is 0 Å². The van der Waals surface area contributed by atoms with Gasteiger partial charge in [0.05, 0.1) is 0 Å². The summed E-state index contributed by atoms with van der Waals surface area (Å²) in [6.07, 6.45) is 14.6. The number of hydrogen-bond donors (Lipinski definition) is 1. The highest BCUT2D eigenvalue weighted by atomic mass is 15.2. The molecule has 0 aromatic carbocycles. The van der Waals surface area contributed by atoms with Crippen molar-refractivity contribution in [1.82, 2.24) is 10.2 Å². The Labute approximate surface area is 125 Å². The quantitative estimate of drug-likeness (QED) is 0.743. The average Bonchev–Trinajstić information content (AvgIpc) is 3.30. The summed E-state index contributed by atoms with van der Waals surface area (Å²) in [4.78, 5) is 2.71. The molecule has 0 aromatic rings. The van der Waals surface area contributed by atoms with Gasteiger partial charge in [0.15, 0.2) is 0 Å². The molecule has 2 heteroatoms. The Morgan fingerprint density at radius 3 is 2.65 bits per heavy atom. The second-order valence-corrected chi connectivity index (χ2v) is 7.65. The molecule has 20 heavy (non-hydrogen) atoms. The second kappa shape index (κ2) is 7.26. The van der Waals surface area contributed by atoms with E-state index in [-0.39, 0.29) is 0 Å². The molecule has 1 saturated heterocycles. The minimum atomic E-state index is 0.831. The first-order valence-electron chi connectivity index (χ1n) is 9.30. The van der Waals surface area contributed by atoms with Crippen LogP contribution in [-0.4, -0.2) is 36.6 Å². The van der Waals surface area contributed by atoms with Crippen LogP contribution in [0.2, 0.25) is 0 Å². The number of nitrogens with one attached hydrogen (secondary N) is 1. The van der Waals surface area contributed by atoms with E-state index in [0.717, 1.165) is 23.9 Å². The first kappa shape index (κ1) is 14.8. The fourth-order valence-corrected chi connectivity index (χ4v) is 4.49. The van der Waals surface area contributed by atoms with Gasteiger partial charge in [-0.2, -0.15) is 0 Å². The topological polar surface area (TPSA) is 15.3 Å². The van der Waals surface area contributed by atoms with Crippen molar-refractivity contribution in [2.24, 2.45) is 11.8 Å². The summed E-state index contributed by atoms with van der Waals surface area (Å²) in [6.45, 7) is 6.31. The zero-order valence-electron chi connectivity index (χ0n) is 13.4. The van der Waals surface area contributed by atoms with Crippen LogP contribution < -0.4 is 5.32 Å². The van der Waals surface area contributed by atoms with Gasteiger partial charge >= 0.3 is 0 Å². The molecule has 1 N–H and O–H groups in total. The lowest BCUT2D eigenvalue weighted by Crippen LogP contribution is -2.40. The van der Waals surface area contributed by atoms with Gasteiger partial charge in [-0.15, -0.1) is 0 Å². The summed E-state index contributed by atoms with van der Waals surface area (Å²) < 4.78 is 0. The van der Waals surface area contributed by atoms with E-state index in [0.29, 0.717) is 0 Å². The predicted molar refractivity (Wildman–Crippen MR) is 86.0 cm³/mol. The molecule has 116 valence electrons. The molecule has 0 aromatic heterocycles. The Hall–Kier alpha value is -0.0800. The summed E-state index contributed by atoms with van der Waals surface area (Å²) in [5, 5.41) is 3.86. The van der Waals surface area contributed by atoms with Crippen molar-refractivity contribution < 1.29 is 0 Å². The third-order valence-corrected chi connectivity index (χ3v) is 6.00. The van der Waals surface area contributed by atoms with Crippen molar-refractivity contribution in [2.75, 3.05) is 19.6 Å². The highest BCUT2D eigenvalue weighted by Crippen LogP contribution is 2.43. The normalized spacial score (nSPS) is 36.1. The van der Waals surface area contributed by atoms with Crippen molar-refractivity contribution in [2.45, 2.75) is 83.2 Å². The van der Waals surface area contributed by atoms with Crippen LogP contribution in [0.25, 0.3) is 0 Å². The van der Waals surface area contributed by atoms with E-state index in [1.807, 2.05) is 0 Å². The molecule has 2 nitrogen and oxygen atoms in total. The molecule has 3 aliphatic rings. The molecule has 2 aliphatic carbocycles. The summed E-state index contributed by atoms with van der Waals surface area (Å²) in [5.74, 6) is 2.19. The molecule has 0 spiro atoms. The molecule has 0 bridgehead atoms. The Bertz CT molecular complexity index is 287. The third-order valence-electron chi connectivity index (χ3n) is 6.00. The van der Waals surface area contributed by atoms with Gasteiger partial charge < -0.3 is 10.2 Å². The maximum absolute atomic E-state index is 3.86. The molecule has 3 unspecified atom stereocenters. The van der Waals surface area contributed by atoms with Crippen LogP contribution >= 0.6 is 0 Å². The van der Waals surface area contributed by atoms with Crippen molar-refractivity contribution in [3.8, 4) is 0 Å². The Morgan fingerprint density at radius 2 is 1.85 bits per heavy atom. The molecular formula is C18H34N2. The number of piperidine rings is 1. The molecule has 1 aliphatic heterocycles. The van der Waals surface area contributed by atoms with E-state index in [1.54, 1.807) is 0 Å². The van der Waals surface area contributed by atoms with Gasteiger partial charge in [0.25, 0.3) is 0 Å². The molecule has 3 atom stereocenters. The van der Waals surface area contributed by atoms with E-state index in [9.17, 15) is 0 Å². The number of hydrogen-bond acceptors (Lipinski definition) is 2. The monoisotopic (exact) mass is 278 g/mol. The van der Waals surface area contributed by atoms with Crippen LogP contribution in [0.4, 0.5) is 0 Å². The zero-order chi connectivity index (χ0) is 13.8. The molecule has 3 rings (SSSR count). The summed E-state index contributed by atoms with van der Waals surface area (Å²) in [7, 11) is 0. The molecule has 0 radical (unpaired) electrons. The fourth-order valence-electron chi connectivity index (χ4n) is 4.49. The van der Waals surface area contributed by atoms with E-state index in [1.165, 1.54) is 83.8 Å². The van der Waals surface area contributed by atoms with Crippen LogP contribution in [0.5, 0.6) is 0 Å². The smallest absolute Gasteiger partial charge is 0.00698 e. The first-order valence-corrected chi connectivity index (χ1v) is 9.30. The number of rotatable bonds is 6. The summed E-state index contributed by atoms with van der Waals surface area (Å²) in [6, 6.07) is 1.67. The molecule has 2 saturated carbocycles. The lowest BCUT2D eigenvalue weighted by atomic mass is 9.83. The Kier molecular flexibility index (Phi) is 5.39. The highest BCUT2D eigenvalue weighted by molar-refractivity contribution is 4.87. The molecular weight excluding hydrogens is 244 g/mol. The summed E-state index contributed by atoms with van der Waals surface area (Å²) in [5.41, 5.74) is 0. The van der Waals surface area contributed by atoms with E-state index in [2.05, 4.69) is 17.1 Å². The van der Waals surface area contributed by atoms with Crippen LogP contribution in [-0.2, 0) is 0 Å². The molecule has 3 fully saturated rings. The lowest BCUT2D eigenvalue weighted by Gasteiger charge is -2.34. The van der Waals surface area contributed by atoms with E-state index < -0.39 is 0 Å². The molecule has 1 heterocycles. The zero-order valence-corrected chi connectivity index (χ0v) is 13.4. The number of nitrogens with zero attached hydrogens (tertiary/aromatic N) is 1.